The van der Waals surface area contributed by atoms with Crippen molar-refractivity contribution in [1.82, 2.24) is 20.1 Å². The predicted molar refractivity (Wildman–Crippen MR) is 186 cm³/mol. The fourth-order valence-electron chi connectivity index (χ4n) is 5.13. The summed E-state index contributed by atoms with van der Waals surface area (Å²) < 4.78 is 10.4. The Balaban J connectivity index is 0.000000239. The number of benzene rings is 2. The molecule has 2 aliphatic rings. The highest BCUT2D eigenvalue weighted by atomic mass is 32.1. The lowest BCUT2D eigenvalue weighted by molar-refractivity contribution is -0.123. The summed E-state index contributed by atoms with van der Waals surface area (Å²) >= 11 is 1.66. The van der Waals surface area contributed by atoms with E-state index in [0.717, 1.165) is 41.9 Å². The van der Waals surface area contributed by atoms with E-state index in [1.807, 2.05) is 62.5 Å². The Kier molecular flexibility index (Phi) is 15.5. The van der Waals surface area contributed by atoms with Crippen molar-refractivity contribution < 1.29 is 23.9 Å². The van der Waals surface area contributed by atoms with Gasteiger partial charge >= 0.3 is 0 Å². The molecule has 0 spiro atoms. The number of hydrogen-bond acceptors (Lipinski definition) is 8. The summed E-state index contributed by atoms with van der Waals surface area (Å²) in [7, 11) is 5.22. The first-order valence-corrected chi connectivity index (χ1v) is 16.7. The average Bonchev–Trinajstić information content (AvgIpc) is 3.78. The number of carbonyl (C=O) groups excluding carboxylic acids is 3. The standard InChI is InChI=1S/C14H19NO.C13H16N2OS.C7H11NO3.C2H6/c1-10(14(2,3)4)15-9-11-7-5-6-8-12(11)13(15)16;1-9-13(17-8-15-9)10-4-5-11(7-14-2)12(6-10)16-3;1-11-7-2-6(4-9)8(3-7)5-10;1-2/h5-8,10H,9H2,1-4H3;4-6,8,14H,7H2,1-3H3;4-7H,2-3H2,1H3;1-2H3. The molecule has 1 fully saturated rings. The number of aromatic nitrogens is 1. The second-order valence-electron chi connectivity index (χ2n) is 12.1. The zero-order valence-electron chi connectivity index (χ0n) is 29.1. The largest absolute Gasteiger partial charge is 0.496 e. The molecular formula is C36H52N4O5S. The molecule has 1 aromatic heterocycles. The van der Waals surface area contributed by atoms with Crippen LogP contribution in [0, 0.1) is 12.3 Å². The Morgan fingerprint density at radius 1 is 1.13 bits per heavy atom. The number of nitrogens with zero attached hydrogens (tertiary/aromatic N) is 3. The van der Waals surface area contributed by atoms with Crippen LogP contribution in [0.25, 0.3) is 10.4 Å². The minimum absolute atomic E-state index is 0.0235. The van der Waals surface area contributed by atoms with Crippen molar-refractivity contribution in [1.29, 1.82) is 0 Å². The molecule has 46 heavy (non-hydrogen) atoms. The van der Waals surface area contributed by atoms with Crippen LogP contribution in [0.4, 0.5) is 0 Å². The smallest absolute Gasteiger partial charge is 0.254 e. The van der Waals surface area contributed by atoms with Gasteiger partial charge in [0.2, 0.25) is 6.41 Å². The summed E-state index contributed by atoms with van der Waals surface area (Å²) in [6.45, 7) is 16.8. The summed E-state index contributed by atoms with van der Waals surface area (Å²) in [6.07, 6.45) is 2.12. The Bertz CT molecular complexity index is 1390. The molecule has 0 bridgehead atoms. The van der Waals surface area contributed by atoms with Gasteiger partial charge in [0.05, 0.1) is 35.3 Å². The van der Waals surface area contributed by atoms with Crippen LogP contribution in [0.3, 0.4) is 0 Å². The molecule has 0 aliphatic carbocycles. The lowest BCUT2D eigenvalue weighted by Crippen LogP contribution is -2.41. The highest BCUT2D eigenvalue weighted by Crippen LogP contribution is 2.33. The van der Waals surface area contributed by atoms with Gasteiger partial charge in [0.1, 0.15) is 12.0 Å². The summed E-state index contributed by atoms with van der Waals surface area (Å²) in [6, 6.07) is 14.2. The first-order valence-electron chi connectivity index (χ1n) is 15.8. The third kappa shape index (κ3) is 9.95. The SMILES string of the molecule is CC.CC(N1Cc2ccccc2C1=O)C(C)(C)C.CNCc1ccc(-c2scnc2C)cc1OC.COC1CC(C=O)N(C=O)C1. The Labute approximate surface area is 279 Å². The molecule has 0 radical (unpaired) electrons. The molecule has 252 valence electrons. The van der Waals surface area contributed by atoms with Gasteiger partial charge in [0, 0.05) is 50.3 Å². The first-order chi connectivity index (χ1) is 22.0. The third-order valence-electron chi connectivity index (χ3n) is 8.20. The van der Waals surface area contributed by atoms with Crippen molar-refractivity contribution in [2.75, 3.05) is 27.8 Å². The third-order valence-corrected chi connectivity index (χ3v) is 9.18. The molecule has 3 unspecified atom stereocenters. The topological polar surface area (TPSA) is 101 Å². The fraction of sp³-hybridized carbons (Fsp3) is 0.500. The van der Waals surface area contributed by atoms with E-state index in [1.165, 1.54) is 20.9 Å². The molecule has 2 aromatic carbocycles. The number of carbonyl (C=O) groups is 3. The van der Waals surface area contributed by atoms with E-state index in [-0.39, 0.29) is 29.5 Å². The molecule has 2 amide bonds. The molecule has 10 heteroatoms. The first kappa shape index (κ1) is 38.6. The molecule has 2 aliphatic heterocycles. The summed E-state index contributed by atoms with van der Waals surface area (Å²) in [5.74, 6) is 1.10. The van der Waals surface area contributed by atoms with E-state index in [9.17, 15) is 14.4 Å². The molecule has 5 rings (SSSR count). The molecule has 3 atom stereocenters. The molecular weight excluding hydrogens is 600 g/mol. The maximum atomic E-state index is 12.2. The van der Waals surface area contributed by atoms with Crippen LogP contribution < -0.4 is 10.1 Å². The number of aldehydes is 1. The second-order valence-corrected chi connectivity index (χ2v) is 12.9. The van der Waals surface area contributed by atoms with Crippen LogP contribution in [0.15, 0.2) is 48.0 Å². The number of amides is 2. The van der Waals surface area contributed by atoms with Crippen LogP contribution in [0.1, 0.15) is 75.1 Å². The lowest BCUT2D eigenvalue weighted by atomic mass is 9.87. The van der Waals surface area contributed by atoms with Crippen molar-refractivity contribution in [3.63, 3.8) is 0 Å². The van der Waals surface area contributed by atoms with Gasteiger partial charge in [-0.3, -0.25) is 9.59 Å². The van der Waals surface area contributed by atoms with Crippen LogP contribution in [0.2, 0.25) is 0 Å². The normalized spacial score (nSPS) is 17.4. The lowest BCUT2D eigenvalue weighted by Gasteiger charge is -2.35. The molecule has 0 saturated carbocycles. The van der Waals surface area contributed by atoms with Gasteiger partial charge in [-0.05, 0) is 49.6 Å². The van der Waals surface area contributed by atoms with Gasteiger partial charge in [0.25, 0.3) is 5.91 Å². The van der Waals surface area contributed by atoms with Gasteiger partial charge in [-0.1, -0.05) is 65.0 Å². The van der Waals surface area contributed by atoms with E-state index < -0.39 is 0 Å². The number of rotatable bonds is 8. The van der Waals surface area contributed by atoms with Crippen molar-refractivity contribution in [3.8, 4) is 16.2 Å². The number of nitrogens with one attached hydrogen (secondary N) is 1. The molecule has 3 heterocycles. The summed E-state index contributed by atoms with van der Waals surface area (Å²) in [5.41, 5.74) is 7.43. The summed E-state index contributed by atoms with van der Waals surface area (Å²) in [5, 5.41) is 3.13. The maximum absolute atomic E-state index is 12.2. The van der Waals surface area contributed by atoms with Gasteiger partial charge in [-0.25, -0.2) is 4.98 Å². The van der Waals surface area contributed by atoms with Crippen LogP contribution in [-0.4, -0.2) is 79.4 Å². The molecule has 1 saturated heterocycles. The summed E-state index contributed by atoms with van der Waals surface area (Å²) in [4.78, 5) is 41.9. The van der Waals surface area contributed by atoms with Crippen molar-refractivity contribution in [3.05, 3.63) is 70.4 Å². The van der Waals surface area contributed by atoms with Crippen molar-refractivity contribution in [2.24, 2.45) is 5.41 Å². The zero-order valence-corrected chi connectivity index (χ0v) is 29.9. The molecule has 9 nitrogen and oxygen atoms in total. The van der Waals surface area contributed by atoms with Gasteiger partial charge in [-0.2, -0.15) is 0 Å². The van der Waals surface area contributed by atoms with E-state index in [1.54, 1.807) is 25.6 Å². The monoisotopic (exact) mass is 652 g/mol. The minimum atomic E-state index is -0.280. The highest BCUT2D eigenvalue weighted by molar-refractivity contribution is 7.13. The van der Waals surface area contributed by atoms with Crippen LogP contribution in [0.5, 0.6) is 5.75 Å². The highest BCUT2D eigenvalue weighted by Gasteiger charge is 2.35. The minimum Gasteiger partial charge on any atom is -0.496 e. The van der Waals surface area contributed by atoms with Gasteiger partial charge in [-0.15, -0.1) is 11.3 Å². The second kappa shape index (κ2) is 18.5. The number of methoxy groups -OCH3 is 2. The maximum Gasteiger partial charge on any atom is 0.254 e. The van der Waals surface area contributed by atoms with Crippen LogP contribution in [-0.2, 0) is 27.4 Å². The number of thiazole rings is 1. The number of fused-ring (bicyclic) bond motifs is 1. The van der Waals surface area contributed by atoms with Crippen molar-refractivity contribution >= 4 is 29.9 Å². The van der Waals surface area contributed by atoms with Gasteiger partial charge < -0.3 is 29.4 Å². The van der Waals surface area contributed by atoms with E-state index in [4.69, 9.17) is 9.47 Å². The zero-order chi connectivity index (χ0) is 34.4. The number of aryl methyl sites for hydroxylation is 1. The van der Waals surface area contributed by atoms with E-state index in [0.29, 0.717) is 19.4 Å². The van der Waals surface area contributed by atoms with Crippen LogP contribution >= 0.6 is 11.3 Å². The van der Waals surface area contributed by atoms with Gasteiger partial charge in [0.15, 0.2) is 0 Å². The number of likely N-dealkylation sites (tertiary alicyclic amines) is 1. The van der Waals surface area contributed by atoms with E-state index in [2.05, 4.69) is 56.2 Å². The molecule has 3 aromatic rings. The number of ether oxygens (including phenoxy) is 2. The average molecular weight is 653 g/mol. The Morgan fingerprint density at radius 2 is 1.83 bits per heavy atom. The number of hydrogen-bond donors (Lipinski definition) is 1. The predicted octanol–water partition coefficient (Wildman–Crippen LogP) is 6.38. The Morgan fingerprint density at radius 3 is 2.33 bits per heavy atom. The fourth-order valence-corrected chi connectivity index (χ4v) is 5.94. The van der Waals surface area contributed by atoms with Crippen molar-refractivity contribution in [2.45, 2.75) is 86.2 Å². The van der Waals surface area contributed by atoms with E-state index >= 15 is 0 Å². The molecule has 1 N–H and O–H groups in total. The quantitative estimate of drug-likeness (QED) is 0.282. The Hall–Kier alpha value is -3.60.